The maximum atomic E-state index is 14.0. The summed E-state index contributed by atoms with van der Waals surface area (Å²) < 4.78 is 27.6. The number of aryl methyl sites for hydroxylation is 2. The van der Waals surface area contributed by atoms with Crippen molar-refractivity contribution in [3.05, 3.63) is 40.5 Å². The van der Waals surface area contributed by atoms with Gasteiger partial charge in [0.05, 0.1) is 0 Å². The summed E-state index contributed by atoms with van der Waals surface area (Å²) in [5, 5.41) is 0. The number of benzene rings is 1. The summed E-state index contributed by atoms with van der Waals surface area (Å²) in [6.45, 7) is 5.64. The Balaban J connectivity index is 2.49. The normalized spacial score (nSPS) is 20.3. The molecule has 0 saturated carbocycles. The van der Waals surface area contributed by atoms with E-state index in [1.165, 1.54) is 0 Å². The summed E-state index contributed by atoms with van der Waals surface area (Å²) in [6.07, 6.45) is 4.93. The lowest BCUT2D eigenvalue weighted by Gasteiger charge is -2.20. The Labute approximate surface area is 101 Å². The van der Waals surface area contributed by atoms with Crippen LogP contribution in [0.1, 0.15) is 42.9 Å². The minimum Gasteiger partial charge on any atom is -0.203 e. The SMILES string of the molecule is Cc1cc(C)c(C2=CCC(C)CC2)c(F)c1F. The van der Waals surface area contributed by atoms with Gasteiger partial charge in [0.15, 0.2) is 11.6 Å². The zero-order valence-corrected chi connectivity index (χ0v) is 10.6. The van der Waals surface area contributed by atoms with Crippen LogP contribution in [0.4, 0.5) is 8.78 Å². The van der Waals surface area contributed by atoms with Gasteiger partial charge in [-0.3, -0.25) is 0 Å². The van der Waals surface area contributed by atoms with E-state index in [9.17, 15) is 8.78 Å². The fraction of sp³-hybridized carbons (Fsp3) is 0.467. The first-order chi connectivity index (χ1) is 8.00. The predicted octanol–water partition coefficient (Wildman–Crippen LogP) is 4.79. The second-order valence-electron chi connectivity index (χ2n) is 5.12. The predicted molar refractivity (Wildman–Crippen MR) is 66.8 cm³/mol. The molecule has 1 atom stereocenters. The van der Waals surface area contributed by atoms with E-state index >= 15 is 0 Å². The molecule has 92 valence electrons. The van der Waals surface area contributed by atoms with Crippen LogP contribution in [0.5, 0.6) is 0 Å². The van der Waals surface area contributed by atoms with Gasteiger partial charge in [-0.15, -0.1) is 0 Å². The van der Waals surface area contributed by atoms with Crippen molar-refractivity contribution in [2.45, 2.75) is 40.0 Å². The molecular weight excluding hydrogens is 218 g/mol. The Morgan fingerprint density at radius 3 is 2.41 bits per heavy atom. The van der Waals surface area contributed by atoms with Gasteiger partial charge in [0, 0.05) is 5.56 Å². The second-order valence-corrected chi connectivity index (χ2v) is 5.12. The minimum absolute atomic E-state index is 0.383. The summed E-state index contributed by atoms with van der Waals surface area (Å²) in [4.78, 5) is 0. The third-order valence-electron chi connectivity index (χ3n) is 3.58. The molecule has 0 radical (unpaired) electrons. The first-order valence-electron chi connectivity index (χ1n) is 6.15. The van der Waals surface area contributed by atoms with Crippen LogP contribution < -0.4 is 0 Å². The first-order valence-corrected chi connectivity index (χ1v) is 6.15. The van der Waals surface area contributed by atoms with Crippen LogP contribution in [0, 0.1) is 31.4 Å². The van der Waals surface area contributed by atoms with Gasteiger partial charge in [-0.2, -0.15) is 0 Å². The molecule has 1 aromatic carbocycles. The van der Waals surface area contributed by atoms with Crippen molar-refractivity contribution in [2.75, 3.05) is 0 Å². The van der Waals surface area contributed by atoms with Crippen LogP contribution in [0.2, 0.25) is 0 Å². The largest absolute Gasteiger partial charge is 0.203 e. The molecular formula is C15H18F2. The molecule has 0 N–H and O–H groups in total. The van der Waals surface area contributed by atoms with E-state index < -0.39 is 11.6 Å². The molecule has 0 aliphatic heterocycles. The third kappa shape index (κ3) is 2.26. The molecule has 2 heteroatoms. The highest BCUT2D eigenvalue weighted by atomic mass is 19.2. The third-order valence-corrected chi connectivity index (χ3v) is 3.58. The molecule has 1 aliphatic carbocycles. The van der Waals surface area contributed by atoms with Crippen molar-refractivity contribution in [3.8, 4) is 0 Å². The van der Waals surface area contributed by atoms with E-state index in [-0.39, 0.29) is 0 Å². The fourth-order valence-electron chi connectivity index (χ4n) is 2.50. The Morgan fingerprint density at radius 1 is 1.12 bits per heavy atom. The molecule has 1 unspecified atom stereocenters. The Hall–Kier alpha value is -1.18. The molecule has 0 spiro atoms. The Bertz CT molecular complexity index is 472. The highest BCUT2D eigenvalue weighted by Crippen LogP contribution is 2.34. The average molecular weight is 236 g/mol. The molecule has 0 bridgehead atoms. The fourth-order valence-corrected chi connectivity index (χ4v) is 2.50. The maximum absolute atomic E-state index is 14.0. The minimum atomic E-state index is -0.704. The van der Waals surface area contributed by atoms with E-state index in [0.717, 1.165) is 30.4 Å². The van der Waals surface area contributed by atoms with Crippen LogP contribution >= 0.6 is 0 Å². The molecule has 17 heavy (non-hydrogen) atoms. The van der Waals surface area contributed by atoms with Gasteiger partial charge < -0.3 is 0 Å². The van der Waals surface area contributed by atoms with Gasteiger partial charge in [0.2, 0.25) is 0 Å². The number of rotatable bonds is 1. The monoisotopic (exact) mass is 236 g/mol. The average Bonchev–Trinajstić information content (AvgIpc) is 2.29. The van der Waals surface area contributed by atoms with Crippen LogP contribution in [0.15, 0.2) is 12.1 Å². The summed E-state index contributed by atoms with van der Waals surface area (Å²) >= 11 is 0. The van der Waals surface area contributed by atoms with Crippen molar-refractivity contribution >= 4 is 5.57 Å². The van der Waals surface area contributed by atoms with E-state index in [1.807, 2.05) is 6.92 Å². The van der Waals surface area contributed by atoms with Crippen molar-refractivity contribution in [1.82, 2.24) is 0 Å². The van der Waals surface area contributed by atoms with Gasteiger partial charge in [0.25, 0.3) is 0 Å². The van der Waals surface area contributed by atoms with Gasteiger partial charge in [-0.1, -0.05) is 19.1 Å². The number of allylic oxidation sites excluding steroid dienone is 2. The molecule has 0 fully saturated rings. The van der Waals surface area contributed by atoms with Crippen LogP contribution in [0.25, 0.3) is 5.57 Å². The van der Waals surface area contributed by atoms with E-state index in [2.05, 4.69) is 13.0 Å². The molecule has 0 saturated heterocycles. The molecule has 1 aliphatic rings. The highest BCUT2D eigenvalue weighted by Gasteiger charge is 2.20. The topological polar surface area (TPSA) is 0 Å². The molecule has 2 rings (SSSR count). The Morgan fingerprint density at radius 2 is 1.82 bits per heavy atom. The number of hydrogen-bond acceptors (Lipinski definition) is 0. The molecule has 0 aromatic heterocycles. The van der Waals surface area contributed by atoms with E-state index in [0.29, 0.717) is 17.0 Å². The van der Waals surface area contributed by atoms with Gasteiger partial charge in [-0.05, 0) is 55.7 Å². The van der Waals surface area contributed by atoms with Gasteiger partial charge in [0.1, 0.15) is 0 Å². The zero-order chi connectivity index (χ0) is 12.6. The first kappa shape index (κ1) is 12.3. The summed E-state index contributed by atoms with van der Waals surface area (Å²) in [5.74, 6) is -0.731. The van der Waals surface area contributed by atoms with Crippen molar-refractivity contribution in [3.63, 3.8) is 0 Å². The van der Waals surface area contributed by atoms with Gasteiger partial charge >= 0.3 is 0 Å². The van der Waals surface area contributed by atoms with Crippen LogP contribution in [-0.2, 0) is 0 Å². The van der Waals surface area contributed by atoms with E-state index in [4.69, 9.17) is 0 Å². The number of halogens is 2. The summed E-state index contributed by atoms with van der Waals surface area (Å²) in [5.41, 5.74) is 2.67. The summed E-state index contributed by atoms with van der Waals surface area (Å²) in [6, 6.07) is 1.73. The quantitative estimate of drug-likeness (QED) is 0.658. The van der Waals surface area contributed by atoms with Crippen molar-refractivity contribution in [1.29, 1.82) is 0 Å². The van der Waals surface area contributed by atoms with Crippen molar-refractivity contribution < 1.29 is 8.78 Å². The maximum Gasteiger partial charge on any atom is 0.166 e. The van der Waals surface area contributed by atoms with Gasteiger partial charge in [-0.25, -0.2) is 8.78 Å². The van der Waals surface area contributed by atoms with Crippen LogP contribution in [0.3, 0.4) is 0 Å². The molecule has 0 amide bonds. The van der Waals surface area contributed by atoms with E-state index in [1.54, 1.807) is 13.0 Å². The highest BCUT2D eigenvalue weighted by molar-refractivity contribution is 5.69. The molecule has 0 nitrogen and oxygen atoms in total. The lowest BCUT2D eigenvalue weighted by atomic mass is 9.85. The smallest absolute Gasteiger partial charge is 0.166 e. The zero-order valence-electron chi connectivity index (χ0n) is 10.6. The van der Waals surface area contributed by atoms with Crippen molar-refractivity contribution in [2.24, 2.45) is 5.92 Å². The molecule has 1 aromatic rings. The lowest BCUT2D eigenvalue weighted by molar-refractivity contribution is 0.495. The number of hydrogen-bond donors (Lipinski definition) is 0. The standard InChI is InChI=1S/C15H18F2/c1-9-4-6-12(7-5-9)13-10(2)8-11(3)14(16)15(13)17/h6,8-9H,4-5,7H2,1-3H3. The molecule has 0 heterocycles. The Kier molecular flexibility index (Phi) is 3.32. The lowest BCUT2D eigenvalue weighted by Crippen LogP contribution is -2.06. The second kappa shape index (κ2) is 4.59. The summed E-state index contributed by atoms with van der Waals surface area (Å²) in [7, 11) is 0. The van der Waals surface area contributed by atoms with Crippen LogP contribution in [-0.4, -0.2) is 0 Å².